The molecule has 8 heteroatoms. The number of amides is 1. The van der Waals surface area contributed by atoms with E-state index in [9.17, 15) is 9.59 Å². The smallest absolute Gasteiger partial charge is 0.268 e. The van der Waals surface area contributed by atoms with Gasteiger partial charge >= 0.3 is 0 Å². The minimum Gasteiger partial charge on any atom is -0.325 e. The lowest BCUT2D eigenvalue weighted by molar-refractivity contribution is -0.113. The SMILES string of the molecule is CCn1c(SCC(=O)Nc2ccc(Br)cc2)nc2c(c1=O)S[C@H](C)C2. The maximum absolute atomic E-state index is 12.6. The van der Waals surface area contributed by atoms with Crippen LogP contribution in [-0.2, 0) is 17.8 Å². The van der Waals surface area contributed by atoms with Crippen LogP contribution in [0.1, 0.15) is 19.5 Å². The summed E-state index contributed by atoms with van der Waals surface area (Å²) in [4.78, 5) is 30.2. The summed E-state index contributed by atoms with van der Waals surface area (Å²) in [5.74, 6) is 0.0942. The van der Waals surface area contributed by atoms with Gasteiger partial charge in [0.1, 0.15) is 0 Å². The van der Waals surface area contributed by atoms with Gasteiger partial charge in [0.25, 0.3) is 5.56 Å². The molecule has 132 valence electrons. The van der Waals surface area contributed by atoms with Gasteiger partial charge in [-0.05, 0) is 31.2 Å². The van der Waals surface area contributed by atoms with E-state index in [4.69, 9.17) is 0 Å². The van der Waals surface area contributed by atoms with Crippen molar-refractivity contribution in [2.45, 2.75) is 42.1 Å². The molecule has 3 rings (SSSR count). The van der Waals surface area contributed by atoms with Crippen LogP contribution in [0.2, 0.25) is 0 Å². The quantitative estimate of drug-likeness (QED) is 0.566. The van der Waals surface area contributed by atoms with Crippen molar-refractivity contribution in [1.82, 2.24) is 9.55 Å². The van der Waals surface area contributed by atoms with Gasteiger partial charge in [0, 0.05) is 28.4 Å². The van der Waals surface area contributed by atoms with E-state index in [-0.39, 0.29) is 17.2 Å². The summed E-state index contributed by atoms with van der Waals surface area (Å²) in [5, 5.41) is 3.84. The van der Waals surface area contributed by atoms with Crippen LogP contribution in [-0.4, -0.2) is 26.5 Å². The molecule has 0 fully saturated rings. The molecule has 0 bridgehead atoms. The van der Waals surface area contributed by atoms with Gasteiger partial charge < -0.3 is 5.32 Å². The van der Waals surface area contributed by atoms with E-state index in [1.54, 1.807) is 16.3 Å². The highest BCUT2D eigenvalue weighted by atomic mass is 79.9. The summed E-state index contributed by atoms with van der Waals surface area (Å²) >= 11 is 6.26. The van der Waals surface area contributed by atoms with Crippen LogP contribution in [0.15, 0.2) is 43.6 Å². The number of hydrogen-bond acceptors (Lipinski definition) is 5. The van der Waals surface area contributed by atoms with Gasteiger partial charge in [-0.2, -0.15) is 0 Å². The fourth-order valence-corrected chi connectivity index (χ4v) is 4.84. The zero-order valence-corrected chi connectivity index (χ0v) is 17.1. The van der Waals surface area contributed by atoms with Crippen molar-refractivity contribution in [1.29, 1.82) is 0 Å². The van der Waals surface area contributed by atoms with Gasteiger partial charge in [-0.25, -0.2) is 4.98 Å². The molecule has 0 aliphatic carbocycles. The van der Waals surface area contributed by atoms with Gasteiger partial charge in [0.05, 0.1) is 16.3 Å². The number of thioether (sulfide) groups is 2. The normalized spacial score (nSPS) is 15.9. The Balaban J connectivity index is 1.71. The molecule has 1 amide bonds. The third-order valence-corrected chi connectivity index (χ3v) is 6.46. The van der Waals surface area contributed by atoms with Crippen molar-refractivity contribution in [3.8, 4) is 0 Å². The molecule has 0 saturated heterocycles. The molecule has 0 unspecified atom stereocenters. The number of benzene rings is 1. The predicted octanol–water partition coefficient (Wildman–Crippen LogP) is 3.79. The van der Waals surface area contributed by atoms with Crippen LogP contribution in [0.4, 0.5) is 5.69 Å². The summed E-state index contributed by atoms with van der Waals surface area (Å²) in [5.41, 5.74) is 1.62. The van der Waals surface area contributed by atoms with Crippen molar-refractivity contribution in [3.05, 3.63) is 44.8 Å². The lowest BCUT2D eigenvalue weighted by Gasteiger charge is -2.11. The van der Waals surface area contributed by atoms with Crippen LogP contribution in [0, 0.1) is 0 Å². The highest BCUT2D eigenvalue weighted by Crippen LogP contribution is 2.34. The summed E-state index contributed by atoms with van der Waals surface area (Å²) in [6.45, 7) is 4.57. The maximum atomic E-state index is 12.6. The monoisotopic (exact) mass is 439 g/mol. The third-order valence-electron chi connectivity index (χ3n) is 3.74. The number of nitrogens with one attached hydrogen (secondary N) is 1. The van der Waals surface area contributed by atoms with E-state index in [0.717, 1.165) is 27.2 Å². The predicted molar refractivity (Wildman–Crippen MR) is 107 cm³/mol. The van der Waals surface area contributed by atoms with Crippen molar-refractivity contribution < 1.29 is 4.79 Å². The third kappa shape index (κ3) is 4.30. The molecule has 25 heavy (non-hydrogen) atoms. The lowest BCUT2D eigenvalue weighted by Crippen LogP contribution is -2.25. The first kappa shape index (κ1) is 18.5. The zero-order valence-electron chi connectivity index (χ0n) is 13.9. The average Bonchev–Trinajstić information content (AvgIpc) is 2.96. The standard InChI is InChI=1S/C17H18BrN3O2S2/c1-3-21-16(23)15-13(8-10(2)25-15)20-17(21)24-9-14(22)19-12-6-4-11(18)5-7-12/h4-7,10H,3,8-9H2,1-2H3,(H,19,22)/t10-/m1/s1. The van der Waals surface area contributed by atoms with Crippen molar-refractivity contribution in [3.63, 3.8) is 0 Å². The summed E-state index contributed by atoms with van der Waals surface area (Å²) in [6, 6.07) is 7.42. The van der Waals surface area contributed by atoms with E-state index >= 15 is 0 Å². The van der Waals surface area contributed by atoms with Gasteiger partial charge in [-0.1, -0.05) is 34.6 Å². The van der Waals surface area contributed by atoms with Crippen molar-refractivity contribution >= 4 is 51.0 Å². The lowest BCUT2D eigenvalue weighted by atomic mass is 10.2. The number of carbonyl (C=O) groups excluding carboxylic acids is 1. The van der Waals surface area contributed by atoms with Crippen LogP contribution in [0.25, 0.3) is 0 Å². The molecule has 0 spiro atoms. The molecule has 1 aliphatic heterocycles. The van der Waals surface area contributed by atoms with Crippen LogP contribution >= 0.6 is 39.5 Å². The van der Waals surface area contributed by atoms with E-state index in [1.807, 2.05) is 31.2 Å². The first-order valence-electron chi connectivity index (χ1n) is 7.96. The molecular formula is C17H18BrN3O2S2. The average molecular weight is 440 g/mol. The zero-order chi connectivity index (χ0) is 18.0. The Kier molecular flexibility index (Phi) is 5.91. The highest BCUT2D eigenvalue weighted by molar-refractivity contribution is 9.10. The van der Waals surface area contributed by atoms with E-state index in [1.165, 1.54) is 11.8 Å². The van der Waals surface area contributed by atoms with Crippen molar-refractivity contribution in [2.24, 2.45) is 0 Å². The number of hydrogen-bond donors (Lipinski definition) is 1. The first-order valence-corrected chi connectivity index (χ1v) is 10.6. The molecule has 0 radical (unpaired) electrons. The van der Waals surface area contributed by atoms with Gasteiger partial charge in [-0.15, -0.1) is 11.8 Å². The minimum atomic E-state index is -0.118. The largest absolute Gasteiger partial charge is 0.325 e. The Hall–Kier alpha value is -1.25. The molecule has 1 atom stereocenters. The molecule has 1 aromatic carbocycles. The molecule has 1 N–H and O–H groups in total. The number of nitrogens with zero attached hydrogens (tertiary/aromatic N) is 2. The summed E-state index contributed by atoms with van der Waals surface area (Å²) in [6.07, 6.45) is 0.804. The Morgan fingerprint density at radius 3 is 2.84 bits per heavy atom. The second-order valence-corrected chi connectivity index (χ2v) is 9.00. The van der Waals surface area contributed by atoms with E-state index < -0.39 is 0 Å². The van der Waals surface area contributed by atoms with Crippen molar-refractivity contribution in [2.75, 3.05) is 11.1 Å². The number of carbonyl (C=O) groups is 1. The fourth-order valence-electron chi connectivity index (χ4n) is 2.58. The molecule has 1 aromatic heterocycles. The number of halogens is 1. The Morgan fingerprint density at radius 2 is 2.16 bits per heavy atom. The van der Waals surface area contributed by atoms with Gasteiger partial charge in [0.15, 0.2) is 5.16 Å². The van der Waals surface area contributed by atoms with Gasteiger partial charge in [-0.3, -0.25) is 14.2 Å². The molecular weight excluding hydrogens is 422 g/mol. The second kappa shape index (κ2) is 7.97. The number of fused-ring (bicyclic) bond motifs is 1. The Bertz CT molecular complexity index is 852. The Labute approximate surface area is 163 Å². The second-order valence-electron chi connectivity index (χ2n) is 5.70. The minimum absolute atomic E-state index is 0.0117. The maximum Gasteiger partial charge on any atom is 0.268 e. The van der Waals surface area contributed by atoms with Gasteiger partial charge in [0.2, 0.25) is 5.91 Å². The molecule has 0 saturated carbocycles. The topological polar surface area (TPSA) is 64.0 Å². The number of rotatable bonds is 5. The molecule has 1 aliphatic rings. The van der Waals surface area contributed by atoms with Crippen LogP contribution in [0.3, 0.4) is 0 Å². The van der Waals surface area contributed by atoms with E-state index in [2.05, 4.69) is 33.2 Å². The molecule has 2 heterocycles. The molecule has 2 aromatic rings. The summed E-state index contributed by atoms with van der Waals surface area (Å²) < 4.78 is 2.61. The first-order chi connectivity index (χ1) is 12.0. The summed E-state index contributed by atoms with van der Waals surface area (Å²) in [7, 11) is 0. The van der Waals surface area contributed by atoms with Crippen LogP contribution < -0.4 is 10.9 Å². The van der Waals surface area contributed by atoms with Crippen LogP contribution in [0.5, 0.6) is 0 Å². The number of anilines is 1. The number of aromatic nitrogens is 2. The highest BCUT2D eigenvalue weighted by Gasteiger charge is 2.26. The van der Waals surface area contributed by atoms with E-state index in [0.29, 0.717) is 17.0 Å². The Morgan fingerprint density at radius 1 is 1.44 bits per heavy atom. The molecule has 5 nitrogen and oxygen atoms in total. The fraction of sp³-hybridized carbons (Fsp3) is 0.353.